The molecule has 5 nitrogen and oxygen atoms in total. The molecule has 0 fully saturated rings. The first-order chi connectivity index (χ1) is 13.2. The number of hydrogen-bond acceptors (Lipinski definition) is 5. The summed E-state index contributed by atoms with van der Waals surface area (Å²) in [6, 6.07) is 8.57. The number of anilines is 1. The van der Waals surface area contributed by atoms with Crippen LogP contribution in [0.4, 0.5) is 5.13 Å². The number of allylic oxidation sites excluding steroid dienone is 2. The van der Waals surface area contributed by atoms with Crippen molar-refractivity contribution < 1.29 is 9.59 Å². The summed E-state index contributed by atoms with van der Waals surface area (Å²) in [7, 11) is 0. The number of rotatable bonds is 6. The highest BCUT2D eigenvalue weighted by Crippen LogP contribution is 2.37. The molecule has 0 saturated carbocycles. The maximum absolute atomic E-state index is 12.3. The first-order valence-corrected chi connectivity index (χ1v) is 9.98. The van der Waals surface area contributed by atoms with Crippen LogP contribution in [0.15, 0.2) is 59.6 Å². The van der Waals surface area contributed by atoms with Gasteiger partial charge in [0.05, 0.1) is 0 Å². The summed E-state index contributed by atoms with van der Waals surface area (Å²) in [6.07, 6.45) is 9.05. The normalized spacial score (nSPS) is 19.0. The highest BCUT2D eigenvalue weighted by Gasteiger charge is 2.30. The fourth-order valence-corrected chi connectivity index (χ4v) is 4.29. The maximum atomic E-state index is 12.3. The van der Waals surface area contributed by atoms with E-state index in [0.717, 1.165) is 25.1 Å². The predicted octanol–water partition coefficient (Wildman–Crippen LogP) is 3.87. The van der Waals surface area contributed by atoms with Gasteiger partial charge >= 0.3 is 0 Å². The lowest BCUT2D eigenvalue weighted by atomic mass is 10.00. The lowest BCUT2D eigenvalue weighted by molar-refractivity contribution is -0.116. The zero-order chi connectivity index (χ0) is 18.6. The second-order valence-electron chi connectivity index (χ2n) is 6.84. The molecule has 2 aliphatic rings. The number of benzene rings is 1. The van der Waals surface area contributed by atoms with E-state index < -0.39 is 0 Å². The highest BCUT2D eigenvalue weighted by atomic mass is 32.1. The fourth-order valence-electron chi connectivity index (χ4n) is 3.74. The van der Waals surface area contributed by atoms with Crippen molar-refractivity contribution in [2.24, 2.45) is 0 Å². The van der Waals surface area contributed by atoms with Gasteiger partial charge in [-0.1, -0.05) is 36.4 Å². The van der Waals surface area contributed by atoms with Crippen molar-refractivity contribution in [3.63, 3.8) is 0 Å². The Morgan fingerprint density at radius 1 is 1.33 bits per heavy atom. The summed E-state index contributed by atoms with van der Waals surface area (Å²) in [5, 5.41) is 5.34. The Labute approximate surface area is 162 Å². The number of nitrogens with zero attached hydrogens (tertiary/aromatic N) is 2. The molecule has 0 spiro atoms. The summed E-state index contributed by atoms with van der Waals surface area (Å²) in [4.78, 5) is 30.5. The largest absolute Gasteiger partial charge is 0.302 e. The third-order valence-electron chi connectivity index (χ3n) is 4.93. The van der Waals surface area contributed by atoms with E-state index in [1.54, 1.807) is 12.3 Å². The molecule has 4 rings (SSSR count). The van der Waals surface area contributed by atoms with Gasteiger partial charge in [-0.3, -0.25) is 14.5 Å². The van der Waals surface area contributed by atoms with Crippen LogP contribution in [0.25, 0.3) is 0 Å². The SMILES string of the molecule is O=C1C=C(CN2Cc3ccccc3C2CCC(=O)Nc2nccs2)C=CC1. The summed E-state index contributed by atoms with van der Waals surface area (Å²) < 4.78 is 0. The smallest absolute Gasteiger partial charge is 0.226 e. The van der Waals surface area contributed by atoms with Crippen molar-refractivity contribution in [3.8, 4) is 0 Å². The Bertz CT molecular complexity index is 902. The Morgan fingerprint density at radius 3 is 3.04 bits per heavy atom. The van der Waals surface area contributed by atoms with Gasteiger partial charge in [0.1, 0.15) is 0 Å². The van der Waals surface area contributed by atoms with E-state index in [0.29, 0.717) is 18.0 Å². The van der Waals surface area contributed by atoms with E-state index in [2.05, 4.69) is 33.4 Å². The van der Waals surface area contributed by atoms with Crippen LogP contribution in [0.3, 0.4) is 0 Å². The van der Waals surface area contributed by atoms with Gasteiger partial charge in [-0.05, 0) is 29.2 Å². The van der Waals surface area contributed by atoms with Gasteiger partial charge in [-0.25, -0.2) is 4.98 Å². The molecule has 1 aliphatic carbocycles. The number of ketones is 1. The molecule has 1 unspecified atom stereocenters. The molecular formula is C21H21N3O2S. The number of carbonyl (C=O) groups is 2. The Hall–Kier alpha value is -2.57. The zero-order valence-corrected chi connectivity index (χ0v) is 15.7. The summed E-state index contributed by atoms with van der Waals surface area (Å²) in [5.41, 5.74) is 3.62. The minimum absolute atomic E-state index is 0.0127. The monoisotopic (exact) mass is 379 g/mol. The third kappa shape index (κ3) is 4.23. The van der Waals surface area contributed by atoms with Gasteiger partial charge in [0.15, 0.2) is 10.9 Å². The van der Waals surface area contributed by atoms with E-state index in [4.69, 9.17) is 0 Å². The molecule has 1 aromatic heterocycles. The van der Waals surface area contributed by atoms with Gasteiger partial charge in [0.25, 0.3) is 0 Å². The number of nitrogens with one attached hydrogen (secondary N) is 1. The van der Waals surface area contributed by atoms with Gasteiger partial charge in [0.2, 0.25) is 5.91 Å². The minimum atomic E-state index is -0.0127. The number of aromatic nitrogens is 1. The van der Waals surface area contributed by atoms with Crippen LogP contribution >= 0.6 is 11.3 Å². The zero-order valence-electron chi connectivity index (χ0n) is 14.9. The molecule has 2 heterocycles. The van der Waals surface area contributed by atoms with Crippen LogP contribution in [-0.2, 0) is 16.1 Å². The molecular weight excluding hydrogens is 358 g/mol. The molecule has 0 radical (unpaired) electrons. The van der Waals surface area contributed by atoms with Crippen molar-refractivity contribution in [3.05, 3.63) is 70.8 Å². The standard InChI is InChI=1S/C21H21N3O2S/c25-17-6-3-4-15(12-17)13-24-14-16-5-1-2-7-18(16)19(24)8-9-20(26)23-21-22-10-11-27-21/h1-5,7,10-12,19H,6,8-9,13-14H2,(H,22,23,26). The van der Waals surface area contributed by atoms with Crippen molar-refractivity contribution in [2.75, 3.05) is 11.9 Å². The second kappa shape index (κ2) is 7.98. The van der Waals surface area contributed by atoms with Crippen LogP contribution < -0.4 is 5.32 Å². The van der Waals surface area contributed by atoms with E-state index in [9.17, 15) is 9.59 Å². The molecule has 138 valence electrons. The first kappa shape index (κ1) is 17.8. The second-order valence-corrected chi connectivity index (χ2v) is 7.73. The molecule has 0 bridgehead atoms. The minimum Gasteiger partial charge on any atom is -0.302 e. The Kier molecular flexibility index (Phi) is 5.27. The van der Waals surface area contributed by atoms with Crippen molar-refractivity contribution in [1.82, 2.24) is 9.88 Å². The third-order valence-corrected chi connectivity index (χ3v) is 5.62. The van der Waals surface area contributed by atoms with E-state index in [-0.39, 0.29) is 17.7 Å². The molecule has 1 aliphatic heterocycles. The average molecular weight is 379 g/mol. The summed E-state index contributed by atoms with van der Waals surface area (Å²) in [6.45, 7) is 1.56. The Balaban J connectivity index is 1.45. The maximum Gasteiger partial charge on any atom is 0.226 e. The van der Waals surface area contributed by atoms with E-state index in [1.807, 2.05) is 23.6 Å². The number of hydrogen-bond donors (Lipinski definition) is 1. The summed E-state index contributed by atoms with van der Waals surface area (Å²) >= 11 is 1.42. The van der Waals surface area contributed by atoms with Crippen LogP contribution in [0, 0.1) is 0 Å². The van der Waals surface area contributed by atoms with E-state index >= 15 is 0 Å². The van der Waals surface area contributed by atoms with Crippen LogP contribution in [0.5, 0.6) is 0 Å². The highest BCUT2D eigenvalue weighted by molar-refractivity contribution is 7.13. The molecule has 0 saturated heterocycles. The van der Waals surface area contributed by atoms with E-state index in [1.165, 1.54) is 22.5 Å². The quantitative estimate of drug-likeness (QED) is 0.827. The number of amides is 1. The first-order valence-electron chi connectivity index (χ1n) is 9.10. The topological polar surface area (TPSA) is 62.3 Å². The molecule has 1 N–H and O–H groups in total. The number of carbonyl (C=O) groups excluding carboxylic acids is 2. The molecule has 27 heavy (non-hydrogen) atoms. The molecule has 1 atom stereocenters. The average Bonchev–Trinajstić information content (AvgIpc) is 3.27. The van der Waals surface area contributed by atoms with Crippen molar-refractivity contribution in [1.29, 1.82) is 0 Å². The van der Waals surface area contributed by atoms with Crippen LogP contribution in [0.1, 0.15) is 36.4 Å². The molecule has 2 aromatic rings. The lowest BCUT2D eigenvalue weighted by Crippen LogP contribution is -2.26. The van der Waals surface area contributed by atoms with Crippen LogP contribution in [0.2, 0.25) is 0 Å². The summed E-state index contributed by atoms with van der Waals surface area (Å²) in [5.74, 6) is 0.143. The number of fused-ring (bicyclic) bond motifs is 1. The fraction of sp³-hybridized carbons (Fsp3) is 0.286. The molecule has 1 aromatic carbocycles. The molecule has 6 heteroatoms. The van der Waals surface area contributed by atoms with Crippen molar-refractivity contribution in [2.45, 2.75) is 31.8 Å². The van der Waals surface area contributed by atoms with Gasteiger partial charge in [-0.2, -0.15) is 0 Å². The van der Waals surface area contributed by atoms with Gasteiger partial charge < -0.3 is 5.32 Å². The van der Waals surface area contributed by atoms with Crippen LogP contribution in [-0.4, -0.2) is 28.1 Å². The van der Waals surface area contributed by atoms with Gasteiger partial charge in [-0.15, -0.1) is 11.3 Å². The van der Waals surface area contributed by atoms with Gasteiger partial charge in [0, 0.05) is 43.5 Å². The number of thiazole rings is 1. The predicted molar refractivity (Wildman–Crippen MR) is 106 cm³/mol. The van der Waals surface area contributed by atoms with Crippen molar-refractivity contribution >= 4 is 28.2 Å². The Morgan fingerprint density at radius 2 is 2.22 bits per heavy atom. The lowest BCUT2D eigenvalue weighted by Gasteiger charge is -2.26. The molecule has 1 amide bonds.